The third kappa shape index (κ3) is 5.09. The lowest BCUT2D eigenvalue weighted by Gasteiger charge is -2.30. The molecule has 1 saturated heterocycles. The maximum Gasteiger partial charge on any atom is 0.416 e. The number of ether oxygens (including phenoxy) is 1. The van der Waals surface area contributed by atoms with Gasteiger partial charge >= 0.3 is 12.2 Å². The number of aromatic nitrogens is 2. The van der Waals surface area contributed by atoms with Crippen molar-refractivity contribution in [2.45, 2.75) is 25.8 Å². The van der Waals surface area contributed by atoms with Gasteiger partial charge in [-0.3, -0.25) is 10.1 Å². The summed E-state index contributed by atoms with van der Waals surface area (Å²) in [5.74, 6) is 0.252. The van der Waals surface area contributed by atoms with Crippen molar-refractivity contribution < 1.29 is 27.6 Å². The third-order valence-corrected chi connectivity index (χ3v) is 5.45. The second kappa shape index (κ2) is 8.98. The van der Waals surface area contributed by atoms with Crippen molar-refractivity contribution in [1.29, 1.82) is 0 Å². The molecular formula is C19H18ClF3N6O4. The lowest BCUT2D eigenvalue weighted by atomic mass is 10.1. The summed E-state index contributed by atoms with van der Waals surface area (Å²) in [5.41, 5.74) is -0.646. The maximum absolute atomic E-state index is 13.1. The molecule has 1 fully saturated rings. The first kappa shape index (κ1) is 23.0. The summed E-state index contributed by atoms with van der Waals surface area (Å²) < 4.78 is 44.7. The number of rotatable bonds is 4. The van der Waals surface area contributed by atoms with Crippen molar-refractivity contribution in [2.24, 2.45) is 0 Å². The van der Waals surface area contributed by atoms with Gasteiger partial charge in [-0.1, -0.05) is 0 Å². The average molecular weight is 487 g/mol. The summed E-state index contributed by atoms with van der Waals surface area (Å²) in [4.78, 5) is 34.5. The van der Waals surface area contributed by atoms with Gasteiger partial charge in [-0.25, -0.2) is 14.8 Å². The smallest absolute Gasteiger partial charge is 0.378 e. The Morgan fingerprint density at radius 1 is 1.18 bits per heavy atom. The summed E-state index contributed by atoms with van der Waals surface area (Å²) in [7, 11) is 0. The molecule has 1 aromatic carbocycles. The number of anilines is 1. The second-order valence-corrected chi connectivity index (χ2v) is 7.84. The molecule has 0 atom stereocenters. The molecule has 2 aliphatic rings. The molecule has 0 unspecified atom stereocenters. The number of hydrogen-bond donors (Lipinski definition) is 1. The molecule has 2 amide bonds. The van der Waals surface area contributed by atoms with Crippen LogP contribution in [0, 0.1) is 10.1 Å². The molecule has 14 heteroatoms. The van der Waals surface area contributed by atoms with E-state index in [2.05, 4.69) is 15.3 Å². The minimum Gasteiger partial charge on any atom is -0.378 e. The Labute approximate surface area is 190 Å². The molecule has 176 valence electrons. The highest BCUT2D eigenvalue weighted by Crippen LogP contribution is 2.33. The van der Waals surface area contributed by atoms with Crippen molar-refractivity contribution in [3.8, 4) is 0 Å². The molecule has 1 N–H and O–H groups in total. The lowest BCUT2D eigenvalue weighted by molar-refractivity contribution is -0.385. The summed E-state index contributed by atoms with van der Waals surface area (Å²) >= 11 is 6.01. The second-order valence-electron chi connectivity index (χ2n) is 7.50. The fourth-order valence-electron chi connectivity index (χ4n) is 3.69. The Morgan fingerprint density at radius 3 is 2.58 bits per heavy atom. The normalized spacial score (nSPS) is 16.0. The van der Waals surface area contributed by atoms with Gasteiger partial charge in [-0.2, -0.15) is 13.2 Å². The zero-order chi connectivity index (χ0) is 23.8. The summed E-state index contributed by atoms with van der Waals surface area (Å²) in [6, 6.07) is 2.18. The number of morpholine rings is 1. The molecule has 0 aliphatic carbocycles. The average Bonchev–Trinajstić information content (AvgIpc) is 3.20. The number of urea groups is 1. The highest BCUT2D eigenvalue weighted by atomic mass is 35.5. The number of amides is 2. The van der Waals surface area contributed by atoms with Crippen LogP contribution in [0.5, 0.6) is 0 Å². The van der Waals surface area contributed by atoms with Gasteiger partial charge in [0, 0.05) is 37.3 Å². The Kier molecular flexibility index (Phi) is 6.26. The van der Waals surface area contributed by atoms with E-state index in [0.29, 0.717) is 43.6 Å². The standard InChI is InChI=1S/C19H18ClF3N6O4/c20-17-25-15-10-28(18(30)27-1-3-33-4-2-27)9-14(15)16(26-17)24-8-11-5-12(19(21,22)23)7-13(6-11)29(31)32/h5-7H,1-4,8-10H2,(H,24,25,26). The van der Waals surface area contributed by atoms with E-state index >= 15 is 0 Å². The fraction of sp³-hybridized carbons (Fsp3) is 0.421. The molecule has 2 aliphatic heterocycles. The van der Waals surface area contributed by atoms with Gasteiger partial charge in [-0.05, 0) is 23.2 Å². The van der Waals surface area contributed by atoms with Crippen LogP contribution in [0.3, 0.4) is 0 Å². The molecule has 3 heterocycles. The Balaban J connectivity index is 1.54. The van der Waals surface area contributed by atoms with Crippen molar-refractivity contribution in [3.63, 3.8) is 0 Å². The highest BCUT2D eigenvalue weighted by Gasteiger charge is 2.34. The monoisotopic (exact) mass is 486 g/mol. The molecule has 0 spiro atoms. The van der Waals surface area contributed by atoms with Crippen molar-refractivity contribution in [1.82, 2.24) is 19.8 Å². The van der Waals surface area contributed by atoms with E-state index in [0.717, 1.165) is 12.1 Å². The number of carbonyl (C=O) groups excluding carboxylic acids is 1. The number of carbonyl (C=O) groups is 1. The fourth-order valence-corrected chi connectivity index (χ4v) is 3.88. The highest BCUT2D eigenvalue weighted by molar-refractivity contribution is 6.28. The number of halogens is 4. The lowest BCUT2D eigenvalue weighted by Crippen LogP contribution is -2.46. The Morgan fingerprint density at radius 2 is 1.91 bits per heavy atom. The number of nitro benzene ring substituents is 1. The molecule has 10 nitrogen and oxygen atoms in total. The van der Waals surface area contributed by atoms with Crippen molar-refractivity contribution >= 4 is 29.1 Å². The van der Waals surface area contributed by atoms with Gasteiger partial charge in [0.15, 0.2) is 0 Å². The van der Waals surface area contributed by atoms with Crippen molar-refractivity contribution in [2.75, 3.05) is 31.6 Å². The third-order valence-electron chi connectivity index (χ3n) is 5.28. The van der Waals surface area contributed by atoms with Gasteiger partial charge in [0.05, 0.1) is 42.5 Å². The van der Waals surface area contributed by atoms with E-state index < -0.39 is 22.4 Å². The quantitative estimate of drug-likeness (QED) is 0.400. The van der Waals surface area contributed by atoms with Crippen LogP contribution in [0.4, 0.5) is 29.5 Å². The molecule has 4 rings (SSSR count). The van der Waals surface area contributed by atoms with Gasteiger partial charge in [0.2, 0.25) is 5.28 Å². The van der Waals surface area contributed by atoms with E-state index in [1.54, 1.807) is 9.80 Å². The number of nitro groups is 1. The number of fused-ring (bicyclic) bond motifs is 1. The van der Waals surface area contributed by atoms with Crippen LogP contribution in [-0.2, 0) is 30.5 Å². The number of benzene rings is 1. The van der Waals surface area contributed by atoms with Crippen LogP contribution < -0.4 is 5.32 Å². The van der Waals surface area contributed by atoms with Gasteiger partial charge in [-0.15, -0.1) is 0 Å². The van der Waals surface area contributed by atoms with Crippen LogP contribution in [0.1, 0.15) is 22.4 Å². The first-order chi connectivity index (χ1) is 15.6. The predicted octanol–water partition coefficient (Wildman–Crippen LogP) is 3.44. The van der Waals surface area contributed by atoms with Crippen LogP contribution in [0.25, 0.3) is 0 Å². The van der Waals surface area contributed by atoms with E-state index in [1.165, 1.54) is 0 Å². The Bertz CT molecular complexity index is 1090. The molecular weight excluding hydrogens is 469 g/mol. The molecule has 0 bridgehead atoms. The number of alkyl halides is 3. The summed E-state index contributed by atoms with van der Waals surface area (Å²) in [6.07, 6.45) is -4.74. The van der Waals surface area contributed by atoms with E-state index in [4.69, 9.17) is 16.3 Å². The van der Waals surface area contributed by atoms with E-state index in [9.17, 15) is 28.1 Å². The number of nitrogens with zero attached hydrogens (tertiary/aromatic N) is 5. The Hall–Kier alpha value is -3.19. The molecule has 0 radical (unpaired) electrons. The van der Waals surface area contributed by atoms with Crippen LogP contribution >= 0.6 is 11.6 Å². The minimum atomic E-state index is -4.74. The minimum absolute atomic E-state index is 0.0410. The van der Waals surface area contributed by atoms with Crippen LogP contribution in [0.15, 0.2) is 18.2 Å². The first-order valence-corrected chi connectivity index (χ1v) is 10.3. The molecule has 33 heavy (non-hydrogen) atoms. The zero-order valence-electron chi connectivity index (χ0n) is 17.1. The molecule has 0 saturated carbocycles. The molecule has 1 aromatic heterocycles. The van der Waals surface area contributed by atoms with E-state index in [-0.39, 0.29) is 42.3 Å². The largest absolute Gasteiger partial charge is 0.416 e. The van der Waals surface area contributed by atoms with Crippen molar-refractivity contribution in [3.05, 3.63) is 56.0 Å². The number of nitrogens with one attached hydrogen (secondary N) is 1. The van der Waals surface area contributed by atoms with Gasteiger partial charge in [0.25, 0.3) is 5.69 Å². The topological polar surface area (TPSA) is 114 Å². The van der Waals surface area contributed by atoms with Crippen LogP contribution in [0.2, 0.25) is 5.28 Å². The zero-order valence-corrected chi connectivity index (χ0v) is 17.8. The predicted molar refractivity (Wildman–Crippen MR) is 110 cm³/mol. The number of hydrogen-bond acceptors (Lipinski definition) is 7. The first-order valence-electron chi connectivity index (χ1n) is 9.88. The SMILES string of the molecule is O=C(N1CCOCC1)N1Cc2nc(Cl)nc(NCc3cc([N+](=O)[O-])cc(C(F)(F)F)c3)c2C1. The molecule has 2 aromatic rings. The van der Waals surface area contributed by atoms with E-state index in [1.807, 2.05) is 0 Å². The summed E-state index contributed by atoms with van der Waals surface area (Å²) in [5, 5.41) is 13.9. The van der Waals surface area contributed by atoms with Gasteiger partial charge in [0.1, 0.15) is 5.82 Å². The van der Waals surface area contributed by atoms with Gasteiger partial charge < -0.3 is 19.9 Å². The summed E-state index contributed by atoms with van der Waals surface area (Å²) in [6.45, 7) is 2.06. The van der Waals surface area contributed by atoms with Crippen LogP contribution in [-0.4, -0.2) is 57.0 Å². The maximum atomic E-state index is 13.1. The number of non-ortho nitro benzene ring substituents is 1.